The normalized spacial score (nSPS) is 23.3. The van der Waals surface area contributed by atoms with Crippen LogP contribution >= 0.6 is 11.8 Å². The van der Waals surface area contributed by atoms with Gasteiger partial charge in [0.1, 0.15) is 41.1 Å². The first-order chi connectivity index (χ1) is 18.9. The number of ether oxygens (including phenoxy) is 2. The molecule has 13 nitrogen and oxygen atoms in total. The second kappa shape index (κ2) is 11.6. The second-order valence-electron chi connectivity index (χ2n) is 9.78. The number of β-lactam (4-membered cyclic amide) rings is 1. The molecule has 0 saturated carbocycles. The summed E-state index contributed by atoms with van der Waals surface area (Å²) in [5.74, 6) is -1.33. The van der Waals surface area contributed by atoms with Crippen molar-refractivity contribution in [1.29, 1.82) is 0 Å². The van der Waals surface area contributed by atoms with Crippen LogP contribution in [0.2, 0.25) is 0 Å². The minimum absolute atomic E-state index is 0.0324. The molecule has 0 bridgehead atoms. The van der Waals surface area contributed by atoms with Crippen molar-refractivity contribution in [2.45, 2.75) is 48.2 Å². The molecule has 2 fully saturated rings. The van der Waals surface area contributed by atoms with Crippen molar-refractivity contribution in [3.05, 3.63) is 53.6 Å². The Hall–Kier alpha value is -3.37. The van der Waals surface area contributed by atoms with Crippen LogP contribution in [0.15, 0.2) is 42.5 Å². The minimum atomic E-state index is -2.32. The quantitative estimate of drug-likeness (QED) is 0.129. The molecular formula is C25H31N5O8S2. The number of thioether (sulfide) groups is 1. The number of amides is 2. The van der Waals surface area contributed by atoms with E-state index < -0.39 is 63.4 Å². The van der Waals surface area contributed by atoms with Gasteiger partial charge in [-0.3, -0.25) is 18.9 Å². The summed E-state index contributed by atoms with van der Waals surface area (Å²) in [5, 5.41) is 11.6. The highest BCUT2D eigenvalue weighted by Gasteiger charge is 2.64. The van der Waals surface area contributed by atoms with Crippen molar-refractivity contribution in [3.8, 4) is 11.5 Å². The molecule has 2 aromatic carbocycles. The Morgan fingerprint density at radius 2 is 1.90 bits per heavy atom. The van der Waals surface area contributed by atoms with Gasteiger partial charge < -0.3 is 36.3 Å². The van der Waals surface area contributed by atoms with Gasteiger partial charge in [0.15, 0.2) is 0 Å². The van der Waals surface area contributed by atoms with Crippen molar-refractivity contribution in [2.24, 2.45) is 11.5 Å². The molecule has 2 amide bonds. The Labute approximate surface area is 237 Å². The summed E-state index contributed by atoms with van der Waals surface area (Å²) in [4.78, 5) is 40.9. The van der Waals surface area contributed by atoms with E-state index in [2.05, 4.69) is 10.0 Å². The molecule has 4 rings (SSSR count). The number of nitrogens with one attached hydrogen (secondary N) is 2. The molecule has 15 heteroatoms. The van der Waals surface area contributed by atoms with Crippen LogP contribution in [0, 0.1) is 0 Å². The van der Waals surface area contributed by atoms with Crippen molar-refractivity contribution >= 4 is 46.5 Å². The summed E-state index contributed by atoms with van der Waals surface area (Å²) < 4.78 is 33.1. The van der Waals surface area contributed by atoms with E-state index in [1.165, 1.54) is 60.2 Å². The number of hydrogen-bond acceptors (Lipinski definition) is 10. The topological polar surface area (TPSA) is 207 Å². The third-order valence-corrected chi connectivity index (χ3v) is 8.73. The maximum atomic E-state index is 13.5. The fraction of sp³-hybridized carbons (Fsp3) is 0.400. The number of phenolic OH excluding ortho intramolecular Hbond substituents is 1. The summed E-state index contributed by atoms with van der Waals surface area (Å²) in [6.07, 6.45) is -0.980. The molecule has 3 unspecified atom stereocenters. The first-order valence-corrected chi connectivity index (χ1v) is 14.2. The Balaban J connectivity index is 1.48. The van der Waals surface area contributed by atoms with Gasteiger partial charge in [0, 0.05) is 22.5 Å². The number of carbonyl (C=O) groups is 3. The Kier molecular flexibility index (Phi) is 8.60. The van der Waals surface area contributed by atoms with Crippen LogP contribution in [-0.2, 0) is 30.4 Å². The monoisotopic (exact) mass is 593 g/mol. The van der Waals surface area contributed by atoms with Gasteiger partial charge in [0.05, 0.1) is 7.11 Å². The predicted octanol–water partition coefficient (Wildman–Crippen LogP) is 0.740. The highest BCUT2D eigenvalue weighted by atomic mass is 32.2. The van der Waals surface area contributed by atoms with Gasteiger partial charge in [0.2, 0.25) is 11.8 Å². The van der Waals surface area contributed by atoms with E-state index in [-0.39, 0.29) is 18.0 Å². The average Bonchev–Trinajstić information content (AvgIpc) is 3.17. The SMILES string of the molecule is COc1ccc(NS(=O)O)cc1C(CN)OC(=O)[C@@H]1N2C(=O)[C@@H](NC(=O)C(N)c3ccc(O)cc3)[C@H]2SC1(C)C. The van der Waals surface area contributed by atoms with Crippen molar-refractivity contribution < 1.29 is 37.7 Å². The van der Waals surface area contributed by atoms with E-state index in [4.69, 9.17) is 25.5 Å². The summed E-state index contributed by atoms with van der Waals surface area (Å²) in [6, 6.07) is 7.50. The number of hydrogen-bond donors (Lipinski definition) is 6. The molecule has 2 aromatic rings. The first kappa shape index (κ1) is 29.6. The molecule has 0 spiro atoms. The number of anilines is 1. The zero-order chi connectivity index (χ0) is 29.4. The van der Waals surface area contributed by atoms with Crippen LogP contribution in [0.3, 0.4) is 0 Å². The Morgan fingerprint density at radius 3 is 2.50 bits per heavy atom. The van der Waals surface area contributed by atoms with Gasteiger partial charge in [-0.15, -0.1) is 11.8 Å². The highest BCUT2D eigenvalue weighted by molar-refractivity contribution is 8.01. The van der Waals surface area contributed by atoms with Gasteiger partial charge in [-0.1, -0.05) is 12.1 Å². The van der Waals surface area contributed by atoms with Crippen LogP contribution in [0.1, 0.15) is 37.1 Å². The number of aromatic hydroxyl groups is 1. The lowest BCUT2D eigenvalue weighted by Crippen LogP contribution is -2.71. The molecule has 8 N–H and O–H groups in total. The highest BCUT2D eigenvalue weighted by Crippen LogP contribution is 2.51. The third-order valence-electron chi connectivity index (χ3n) is 6.75. The van der Waals surface area contributed by atoms with E-state index in [1.807, 2.05) is 0 Å². The molecule has 0 aromatic heterocycles. The molecule has 2 aliphatic heterocycles. The fourth-order valence-electron chi connectivity index (χ4n) is 4.80. The molecular weight excluding hydrogens is 562 g/mol. The molecule has 2 aliphatic rings. The van der Waals surface area contributed by atoms with Gasteiger partial charge in [-0.2, -0.15) is 0 Å². The summed E-state index contributed by atoms with van der Waals surface area (Å²) in [7, 11) is 1.42. The zero-order valence-corrected chi connectivity index (χ0v) is 23.5. The Morgan fingerprint density at radius 1 is 1.23 bits per heavy atom. The number of nitrogens with zero attached hydrogens (tertiary/aromatic N) is 1. The van der Waals surface area contributed by atoms with Crippen LogP contribution in [0.25, 0.3) is 0 Å². The lowest BCUT2D eigenvalue weighted by Gasteiger charge is -2.44. The van der Waals surface area contributed by atoms with Crippen LogP contribution in [-0.4, -0.2) is 72.4 Å². The Bertz CT molecular complexity index is 1320. The predicted molar refractivity (Wildman–Crippen MR) is 148 cm³/mol. The first-order valence-electron chi connectivity index (χ1n) is 12.2. The lowest BCUT2D eigenvalue weighted by molar-refractivity contribution is -0.167. The molecule has 6 atom stereocenters. The van der Waals surface area contributed by atoms with Gasteiger partial charge in [0.25, 0.3) is 11.3 Å². The third kappa shape index (κ3) is 5.74. The van der Waals surface area contributed by atoms with E-state index in [1.54, 1.807) is 19.9 Å². The number of phenols is 1. The van der Waals surface area contributed by atoms with Crippen molar-refractivity contribution in [3.63, 3.8) is 0 Å². The molecule has 0 aliphatic carbocycles. The second-order valence-corrected chi connectivity index (χ2v) is 12.3. The van der Waals surface area contributed by atoms with E-state index >= 15 is 0 Å². The van der Waals surface area contributed by atoms with Crippen LogP contribution in [0.5, 0.6) is 11.5 Å². The number of carbonyl (C=O) groups excluding carboxylic acids is 3. The standard InChI is InChI=1S/C25H31N5O8S2/c1-25(2)20(24(34)38-17(11-26)15-10-13(29-40(35)36)6-9-16(15)37-3)30-22(33)19(23(30)39-25)28-21(32)18(27)12-4-7-14(31)8-5-12/h4-10,17-20,23,29,31H,11,26-27H2,1-3H3,(H,28,32)(H,35,36)/t17?,18?,19-,20+,23-/m1/s1. The van der Waals surface area contributed by atoms with Crippen molar-refractivity contribution in [2.75, 3.05) is 18.4 Å². The van der Waals surface area contributed by atoms with Gasteiger partial charge in [-0.25, -0.2) is 9.00 Å². The number of fused-ring (bicyclic) bond motifs is 1. The number of rotatable bonds is 10. The minimum Gasteiger partial charge on any atom is -0.508 e. The summed E-state index contributed by atoms with van der Waals surface area (Å²) >= 11 is -0.971. The number of esters is 1. The average molecular weight is 594 g/mol. The molecule has 216 valence electrons. The maximum absolute atomic E-state index is 13.5. The van der Waals surface area contributed by atoms with Crippen LogP contribution in [0.4, 0.5) is 5.69 Å². The zero-order valence-electron chi connectivity index (χ0n) is 21.9. The van der Waals surface area contributed by atoms with Gasteiger partial charge in [-0.05, 0) is 49.7 Å². The summed E-state index contributed by atoms with van der Waals surface area (Å²) in [6.45, 7) is 3.48. The van der Waals surface area contributed by atoms with Crippen LogP contribution < -0.4 is 26.2 Å². The molecule has 0 radical (unpaired) electrons. The largest absolute Gasteiger partial charge is 0.508 e. The fourth-order valence-corrected chi connectivity index (χ4v) is 6.75. The van der Waals surface area contributed by atoms with Crippen molar-refractivity contribution in [1.82, 2.24) is 10.2 Å². The van der Waals surface area contributed by atoms with E-state index in [9.17, 15) is 23.7 Å². The number of methoxy groups -OCH3 is 1. The lowest BCUT2D eigenvalue weighted by atomic mass is 9.95. The molecule has 40 heavy (non-hydrogen) atoms. The maximum Gasteiger partial charge on any atom is 0.331 e. The smallest absolute Gasteiger partial charge is 0.331 e. The van der Waals surface area contributed by atoms with E-state index in [0.29, 0.717) is 16.9 Å². The van der Waals surface area contributed by atoms with E-state index in [0.717, 1.165) is 0 Å². The number of benzene rings is 2. The molecule has 2 saturated heterocycles. The summed E-state index contributed by atoms with van der Waals surface area (Å²) in [5.41, 5.74) is 13.1. The molecule has 2 heterocycles. The van der Waals surface area contributed by atoms with Gasteiger partial charge >= 0.3 is 5.97 Å². The number of nitrogens with two attached hydrogens (primary N) is 2.